The molecule has 5 heteroatoms. The van der Waals surface area contributed by atoms with E-state index in [1.807, 2.05) is 30.3 Å². The van der Waals surface area contributed by atoms with Crippen molar-refractivity contribution in [3.8, 4) is 5.69 Å². The maximum Gasteiger partial charge on any atom is 0.255 e. The summed E-state index contributed by atoms with van der Waals surface area (Å²) < 4.78 is 6.95. The van der Waals surface area contributed by atoms with Crippen LogP contribution in [0.2, 0.25) is 0 Å². The second kappa shape index (κ2) is 6.58. The molecular weight excluding hydrogens is 280 g/mol. The summed E-state index contributed by atoms with van der Waals surface area (Å²) in [6.07, 6.45) is 3.69. The minimum atomic E-state index is -0.194. The lowest BCUT2D eigenvalue weighted by atomic mass is 10.2. The quantitative estimate of drug-likeness (QED) is 0.935. The molecule has 22 heavy (non-hydrogen) atoms. The van der Waals surface area contributed by atoms with Crippen molar-refractivity contribution < 1.29 is 9.53 Å². The van der Waals surface area contributed by atoms with Crippen LogP contribution >= 0.6 is 0 Å². The Bertz CT molecular complexity index is 703. The molecule has 0 aliphatic carbocycles. The van der Waals surface area contributed by atoms with E-state index < -0.39 is 0 Å². The zero-order valence-electron chi connectivity index (χ0n) is 12.2. The van der Waals surface area contributed by atoms with Gasteiger partial charge in [-0.15, -0.1) is 0 Å². The molecule has 0 unspecified atom stereocenters. The van der Waals surface area contributed by atoms with Crippen LogP contribution in [0.1, 0.15) is 23.2 Å². The van der Waals surface area contributed by atoms with E-state index in [2.05, 4.69) is 5.32 Å². The van der Waals surface area contributed by atoms with E-state index in [1.54, 1.807) is 12.3 Å². The van der Waals surface area contributed by atoms with Gasteiger partial charge < -0.3 is 10.1 Å². The summed E-state index contributed by atoms with van der Waals surface area (Å²) in [7, 11) is 0. The SMILES string of the molecule is O=C(NC[C@H]1CCCO1)c1ccc(=O)n(-c2ccccc2)c1. The molecule has 0 spiro atoms. The van der Waals surface area contributed by atoms with E-state index in [-0.39, 0.29) is 17.6 Å². The molecule has 1 aromatic heterocycles. The summed E-state index contributed by atoms with van der Waals surface area (Å²) >= 11 is 0. The molecule has 1 saturated heterocycles. The van der Waals surface area contributed by atoms with Gasteiger partial charge in [-0.1, -0.05) is 18.2 Å². The summed E-state index contributed by atoms with van der Waals surface area (Å²) in [4.78, 5) is 24.2. The third kappa shape index (κ3) is 3.26. The first-order valence-electron chi connectivity index (χ1n) is 7.42. The highest BCUT2D eigenvalue weighted by molar-refractivity contribution is 5.93. The molecule has 0 radical (unpaired) electrons. The molecule has 0 bridgehead atoms. The molecule has 3 rings (SSSR count). The third-order valence-corrected chi connectivity index (χ3v) is 3.72. The molecule has 2 aromatic rings. The fraction of sp³-hybridized carbons (Fsp3) is 0.294. The van der Waals surface area contributed by atoms with Gasteiger partial charge in [-0.25, -0.2) is 0 Å². The molecule has 1 N–H and O–H groups in total. The predicted octanol–water partition coefficient (Wildman–Crippen LogP) is 1.75. The van der Waals surface area contributed by atoms with E-state index >= 15 is 0 Å². The average molecular weight is 298 g/mol. The van der Waals surface area contributed by atoms with Crippen molar-refractivity contribution in [2.45, 2.75) is 18.9 Å². The van der Waals surface area contributed by atoms with Crippen LogP contribution in [0.25, 0.3) is 5.69 Å². The lowest BCUT2D eigenvalue weighted by Gasteiger charge is -2.12. The number of nitrogens with zero attached hydrogens (tertiary/aromatic N) is 1. The zero-order valence-corrected chi connectivity index (χ0v) is 12.2. The molecule has 1 amide bonds. The monoisotopic (exact) mass is 298 g/mol. The van der Waals surface area contributed by atoms with Crippen LogP contribution in [0.5, 0.6) is 0 Å². The Labute approximate surface area is 128 Å². The van der Waals surface area contributed by atoms with Crippen LogP contribution < -0.4 is 10.9 Å². The Kier molecular flexibility index (Phi) is 4.34. The predicted molar refractivity (Wildman–Crippen MR) is 83.3 cm³/mol. The summed E-state index contributed by atoms with van der Waals surface area (Å²) in [5.74, 6) is -0.194. The summed E-state index contributed by atoms with van der Waals surface area (Å²) in [5, 5.41) is 2.86. The van der Waals surface area contributed by atoms with Gasteiger partial charge in [-0.3, -0.25) is 14.2 Å². The van der Waals surface area contributed by atoms with Crippen molar-refractivity contribution in [2.75, 3.05) is 13.2 Å². The number of carbonyl (C=O) groups is 1. The van der Waals surface area contributed by atoms with Gasteiger partial charge in [0.1, 0.15) is 0 Å². The highest BCUT2D eigenvalue weighted by Crippen LogP contribution is 2.11. The van der Waals surface area contributed by atoms with Crippen molar-refractivity contribution in [2.24, 2.45) is 0 Å². The Hall–Kier alpha value is -2.40. The number of carbonyl (C=O) groups excluding carboxylic acids is 1. The van der Waals surface area contributed by atoms with Gasteiger partial charge in [-0.2, -0.15) is 0 Å². The number of hydrogen-bond acceptors (Lipinski definition) is 3. The molecule has 2 heterocycles. The Balaban J connectivity index is 1.76. The van der Waals surface area contributed by atoms with Gasteiger partial charge in [0, 0.05) is 31.1 Å². The van der Waals surface area contributed by atoms with Gasteiger partial charge in [0.25, 0.3) is 11.5 Å². The molecule has 1 atom stereocenters. The van der Waals surface area contributed by atoms with E-state index in [1.165, 1.54) is 10.6 Å². The lowest BCUT2D eigenvalue weighted by Crippen LogP contribution is -2.32. The van der Waals surface area contributed by atoms with Crippen molar-refractivity contribution in [1.29, 1.82) is 0 Å². The average Bonchev–Trinajstić information content (AvgIpc) is 3.07. The zero-order chi connectivity index (χ0) is 15.4. The number of nitrogens with one attached hydrogen (secondary N) is 1. The van der Waals surface area contributed by atoms with Crippen LogP contribution in [0, 0.1) is 0 Å². The molecule has 0 saturated carbocycles. The number of amides is 1. The number of pyridine rings is 1. The van der Waals surface area contributed by atoms with E-state index in [0.29, 0.717) is 12.1 Å². The van der Waals surface area contributed by atoms with Gasteiger partial charge in [0.05, 0.1) is 11.7 Å². The summed E-state index contributed by atoms with van der Waals surface area (Å²) in [6.45, 7) is 1.27. The Morgan fingerprint density at radius 3 is 2.77 bits per heavy atom. The van der Waals surface area contributed by atoms with Crippen LogP contribution in [0.4, 0.5) is 0 Å². The number of aromatic nitrogens is 1. The molecule has 1 aromatic carbocycles. The largest absolute Gasteiger partial charge is 0.376 e. The first kappa shape index (κ1) is 14.5. The number of ether oxygens (including phenoxy) is 1. The minimum absolute atomic E-state index is 0.101. The van der Waals surface area contributed by atoms with E-state index in [9.17, 15) is 9.59 Å². The number of hydrogen-bond donors (Lipinski definition) is 1. The fourth-order valence-corrected chi connectivity index (χ4v) is 2.53. The smallest absolute Gasteiger partial charge is 0.255 e. The lowest BCUT2D eigenvalue weighted by molar-refractivity contribution is 0.0857. The highest BCUT2D eigenvalue weighted by Gasteiger charge is 2.17. The normalized spacial score (nSPS) is 17.4. The fourth-order valence-electron chi connectivity index (χ4n) is 2.53. The first-order chi connectivity index (χ1) is 10.7. The van der Waals surface area contributed by atoms with E-state index in [4.69, 9.17) is 4.74 Å². The molecule has 5 nitrogen and oxygen atoms in total. The number of benzene rings is 1. The van der Waals surface area contributed by atoms with Crippen LogP contribution in [0.15, 0.2) is 53.5 Å². The van der Waals surface area contributed by atoms with Crippen LogP contribution in [-0.4, -0.2) is 29.7 Å². The topological polar surface area (TPSA) is 60.3 Å². The van der Waals surface area contributed by atoms with Gasteiger partial charge in [0.15, 0.2) is 0 Å². The van der Waals surface area contributed by atoms with Gasteiger partial charge >= 0.3 is 0 Å². The molecule has 1 aliphatic heterocycles. The van der Waals surface area contributed by atoms with Gasteiger partial charge in [-0.05, 0) is 31.0 Å². The third-order valence-electron chi connectivity index (χ3n) is 3.72. The van der Waals surface area contributed by atoms with Crippen molar-refractivity contribution in [3.63, 3.8) is 0 Å². The molecular formula is C17H18N2O3. The van der Waals surface area contributed by atoms with Crippen LogP contribution in [-0.2, 0) is 4.74 Å². The molecule has 1 aliphatic rings. The second-order valence-electron chi connectivity index (χ2n) is 5.31. The van der Waals surface area contributed by atoms with Crippen molar-refractivity contribution in [1.82, 2.24) is 9.88 Å². The summed E-state index contributed by atoms with van der Waals surface area (Å²) in [6, 6.07) is 12.2. The second-order valence-corrected chi connectivity index (χ2v) is 5.31. The maximum atomic E-state index is 12.2. The first-order valence-corrected chi connectivity index (χ1v) is 7.42. The Morgan fingerprint density at radius 1 is 1.23 bits per heavy atom. The maximum absolute atomic E-state index is 12.2. The van der Waals surface area contributed by atoms with Crippen molar-refractivity contribution >= 4 is 5.91 Å². The summed E-state index contributed by atoms with van der Waals surface area (Å²) in [5.41, 5.74) is 1.03. The number of para-hydroxylation sites is 1. The van der Waals surface area contributed by atoms with Crippen LogP contribution in [0.3, 0.4) is 0 Å². The Morgan fingerprint density at radius 2 is 2.05 bits per heavy atom. The molecule has 114 valence electrons. The number of rotatable bonds is 4. The van der Waals surface area contributed by atoms with Crippen molar-refractivity contribution in [3.05, 3.63) is 64.6 Å². The molecule has 1 fully saturated rings. The van der Waals surface area contributed by atoms with Gasteiger partial charge in [0.2, 0.25) is 0 Å². The minimum Gasteiger partial charge on any atom is -0.376 e. The standard InChI is InChI=1S/C17H18N2O3/c20-16-9-8-13(12-19(16)14-5-2-1-3-6-14)17(21)18-11-15-7-4-10-22-15/h1-3,5-6,8-9,12,15H,4,7,10-11H2,(H,18,21)/t15-/m1/s1. The van der Waals surface area contributed by atoms with E-state index in [0.717, 1.165) is 25.1 Å². The highest BCUT2D eigenvalue weighted by atomic mass is 16.5.